The summed E-state index contributed by atoms with van der Waals surface area (Å²) in [6.07, 6.45) is -4.09. The van der Waals surface area contributed by atoms with Crippen molar-refractivity contribution in [3.63, 3.8) is 0 Å². The molecule has 1 unspecified atom stereocenters. The van der Waals surface area contributed by atoms with Gasteiger partial charge in [0.25, 0.3) is 11.8 Å². The van der Waals surface area contributed by atoms with Crippen molar-refractivity contribution in [3.05, 3.63) is 94.0 Å². The van der Waals surface area contributed by atoms with Crippen molar-refractivity contribution in [2.24, 2.45) is 5.10 Å². The summed E-state index contributed by atoms with van der Waals surface area (Å²) in [5.74, 6) is 0.247. The zero-order valence-corrected chi connectivity index (χ0v) is 25.7. The number of hydrogen-bond acceptors (Lipinski definition) is 7. The van der Waals surface area contributed by atoms with Gasteiger partial charge in [0.05, 0.1) is 30.5 Å². The quantitative estimate of drug-likeness (QED) is 0.338. The van der Waals surface area contributed by atoms with Gasteiger partial charge in [-0.2, -0.15) is 18.3 Å². The predicted molar refractivity (Wildman–Crippen MR) is 164 cm³/mol. The van der Waals surface area contributed by atoms with Crippen molar-refractivity contribution >= 4 is 17.5 Å². The van der Waals surface area contributed by atoms with Crippen molar-refractivity contribution in [2.75, 3.05) is 52.7 Å². The van der Waals surface area contributed by atoms with Crippen LogP contribution in [-0.2, 0) is 15.7 Å². The molecule has 3 heterocycles. The van der Waals surface area contributed by atoms with Crippen LogP contribution in [0.25, 0.3) is 0 Å². The van der Waals surface area contributed by atoms with Gasteiger partial charge < -0.3 is 19.1 Å². The van der Waals surface area contributed by atoms with Crippen molar-refractivity contribution in [3.8, 4) is 11.5 Å². The number of hydrazone groups is 1. The fourth-order valence-electron chi connectivity index (χ4n) is 5.78. The average Bonchev–Trinajstić information content (AvgIpc) is 3.72. The van der Waals surface area contributed by atoms with E-state index >= 15 is 0 Å². The monoisotopic (exact) mass is 636 g/mol. The largest absolute Gasteiger partial charge is 0.454 e. The molecule has 3 aromatic rings. The third-order valence-electron chi connectivity index (χ3n) is 8.65. The first-order valence-corrected chi connectivity index (χ1v) is 15.2. The van der Waals surface area contributed by atoms with Crippen molar-refractivity contribution in [1.29, 1.82) is 0 Å². The number of hydrogen-bond donors (Lipinski definition) is 0. The lowest BCUT2D eigenvalue weighted by Crippen LogP contribution is -2.46. The predicted octanol–water partition coefficient (Wildman–Crippen LogP) is 5.20. The van der Waals surface area contributed by atoms with E-state index in [0.717, 1.165) is 52.2 Å². The van der Waals surface area contributed by atoms with E-state index in [4.69, 9.17) is 19.3 Å². The highest BCUT2D eigenvalue weighted by Gasteiger charge is 2.36. The molecule has 0 N–H and O–H groups in total. The number of alkyl halides is 3. The third-order valence-corrected chi connectivity index (χ3v) is 8.65. The van der Waals surface area contributed by atoms with E-state index in [0.29, 0.717) is 50.8 Å². The Morgan fingerprint density at radius 3 is 2.39 bits per heavy atom. The number of carbonyl (C=O) groups excluding carboxylic acids is 2. The molecule has 0 bridgehead atoms. The SMILES string of the molecule is Cc1ccc(C2=NN(C(=O)CN(CCN3CCOCC3)C(=O)c3ccc(C(F)(F)F)cc3)C(c3ccc4c(c3)OCO4)C2)cc1C. The Balaban J connectivity index is 1.29. The van der Waals surface area contributed by atoms with Crippen LogP contribution in [0.5, 0.6) is 11.5 Å². The third kappa shape index (κ3) is 6.87. The average molecular weight is 637 g/mol. The number of morpholine rings is 1. The lowest BCUT2D eigenvalue weighted by atomic mass is 9.96. The van der Waals surface area contributed by atoms with Crippen LogP contribution in [0.4, 0.5) is 13.2 Å². The van der Waals surface area contributed by atoms with Crippen LogP contribution in [0.3, 0.4) is 0 Å². The molecule has 0 aliphatic carbocycles. The van der Waals surface area contributed by atoms with Gasteiger partial charge in [-0.05, 0) is 78.6 Å². The van der Waals surface area contributed by atoms with Gasteiger partial charge in [-0.1, -0.05) is 18.2 Å². The maximum absolute atomic E-state index is 14.1. The van der Waals surface area contributed by atoms with Gasteiger partial charge in [0.15, 0.2) is 11.5 Å². The zero-order chi connectivity index (χ0) is 32.4. The number of amides is 2. The number of aryl methyl sites for hydroxylation is 2. The van der Waals surface area contributed by atoms with Crippen molar-refractivity contribution < 1.29 is 37.0 Å². The standard InChI is InChI=1S/C34H35F3N4O5/c1-22-3-4-25(17-23(22)2)28-19-29(26-7-10-30-31(18-26)46-21-45-30)41(38-28)32(42)20-40(12-11-39-13-15-44-16-14-39)33(43)24-5-8-27(9-6-24)34(35,36)37/h3-10,17-18,29H,11-16,19-21H2,1-2H3. The summed E-state index contributed by atoms with van der Waals surface area (Å²) < 4.78 is 56.1. The molecule has 1 saturated heterocycles. The van der Waals surface area contributed by atoms with Crippen LogP contribution in [0.1, 0.15) is 50.6 Å². The first-order valence-electron chi connectivity index (χ1n) is 15.2. The van der Waals surface area contributed by atoms with Gasteiger partial charge in [-0.3, -0.25) is 14.5 Å². The molecule has 3 aromatic carbocycles. The molecule has 3 aliphatic rings. The fourth-order valence-corrected chi connectivity index (χ4v) is 5.78. The second kappa shape index (κ2) is 13.1. The Labute approximate surface area is 265 Å². The normalized spacial score (nSPS) is 18.1. The van der Waals surface area contributed by atoms with Gasteiger partial charge >= 0.3 is 6.18 Å². The van der Waals surface area contributed by atoms with E-state index in [9.17, 15) is 22.8 Å². The summed E-state index contributed by atoms with van der Waals surface area (Å²) in [6.45, 7) is 7.00. The summed E-state index contributed by atoms with van der Waals surface area (Å²) in [7, 11) is 0. The maximum atomic E-state index is 14.1. The molecular formula is C34H35F3N4O5. The highest BCUT2D eigenvalue weighted by Crippen LogP contribution is 2.39. The molecule has 0 radical (unpaired) electrons. The van der Waals surface area contributed by atoms with E-state index in [1.54, 1.807) is 6.07 Å². The Morgan fingerprint density at radius 1 is 0.935 bits per heavy atom. The second-order valence-corrected chi connectivity index (χ2v) is 11.7. The number of fused-ring (bicyclic) bond motifs is 1. The lowest BCUT2D eigenvalue weighted by Gasteiger charge is -2.31. The van der Waals surface area contributed by atoms with Crippen LogP contribution in [0.2, 0.25) is 0 Å². The molecule has 2 amide bonds. The van der Waals surface area contributed by atoms with Crippen LogP contribution in [-0.4, -0.2) is 85.1 Å². The highest BCUT2D eigenvalue weighted by atomic mass is 19.4. The highest BCUT2D eigenvalue weighted by molar-refractivity contribution is 6.04. The molecule has 3 aliphatic heterocycles. The molecule has 12 heteroatoms. The van der Waals surface area contributed by atoms with E-state index < -0.39 is 29.6 Å². The van der Waals surface area contributed by atoms with Crippen molar-refractivity contribution in [1.82, 2.24) is 14.8 Å². The van der Waals surface area contributed by atoms with Crippen LogP contribution in [0, 0.1) is 13.8 Å². The van der Waals surface area contributed by atoms with Crippen molar-refractivity contribution in [2.45, 2.75) is 32.5 Å². The second-order valence-electron chi connectivity index (χ2n) is 11.7. The lowest BCUT2D eigenvalue weighted by molar-refractivity contribution is -0.137. The Kier molecular flexibility index (Phi) is 9.01. The molecule has 9 nitrogen and oxygen atoms in total. The number of nitrogens with zero attached hydrogens (tertiary/aromatic N) is 4. The minimum Gasteiger partial charge on any atom is -0.454 e. The molecule has 1 atom stereocenters. The smallest absolute Gasteiger partial charge is 0.416 e. The first-order chi connectivity index (χ1) is 22.1. The number of carbonyl (C=O) groups is 2. The van der Waals surface area contributed by atoms with Crippen LogP contribution < -0.4 is 9.47 Å². The van der Waals surface area contributed by atoms with Gasteiger partial charge in [0.1, 0.15) is 6.54 Å². The molecular weight excluding hydrogens is 601 g/mol. The van der Waals surface area contributed by atoms with Gasteiger partial charge in [0.2, 0.25) is 6.79 Å². The topological polar surface area (TPSA) is 83.9 Å². The molecule has 242 valence electrons. The van der Waals surface area contributed by atoms with E-state index in [-0.39, 0.29) is 25.4 Å². The Hall–Kier alpha value is -4.42. The summed E-state index contributed by atoms with van der Waals surface area (Å²) in [6, 6.07) is 15.2. The van der Waals surface area contributed by atoms with Gasteiger partial charge in [-0.15, -0.1) is 0 Å². The Bertz CT molecular complexity index is 1640. The van der Waals surface area contributed by atoms with E-state index in [2.05, 4.69) is 4.90 Å². The summed E-state index contributed by atoms with van der Waals surface area (Å²) in [4.78, 5) is 31.4. The van der Waals surface area contributed by atoms with Gasteiger partial charge in [-0.25, -0.2) is 5.01 Å². The molecule has 0 spiro atoms. The summed E-state index contributed by atoms with van der Waals surface area (Å²) in [5, 5.41) is 6.21. The van der Waals surface area contributed by atoms with E-state index in [1.807, 2.05) is 44.2 Å². The number of rotatable bonds is 8. The molecule has 46 heavy (non-hydrogen) atoms. The number of halogens is 3. The van der Waals surface area contributed by atoms with Crippen LogP contribution >= 0.6 is 0 Å². The number of ether oxygens (including phenoxy) is 3. The molecule has 1 fully saturated rings. The number of benzene rings is 3. The van der Waals surface area contributed by atoms with Gasteiger partial charge in [0, 0.05) is 38.2 Å². The maximum Gasteiger partial charge on any atom is 0.416 e. The molecule has 0 saturated carbocycles. The molecule has 0 aromatic heterocycles. The summed E-state index contributed by atoms with van der Waals surface area (Å²) in [5.41, 5.74) is 3.88. The fraction of sp³-hybridized carbons (Fsp3) is 0.382. The van der Waals surface area contributed by atoms with E-state index in [1.165, 1.54) is 9.91 Å². The summed E-state index contributed by atoms with van der Waals surface area (Å²) >= 11 is 0. The minimum atomic E-state index is -4.53. The molecule has 6 rings (SSSR count). The zero-order valence-electron chi connectivity index (χ0n) is 25.7. The van der Waals surface area contributed by atoms with Crippen LogP contribution in [0.15, 0.2) is 65.8 Å². The minimum absolute atomic E-state index is 0.0656. The Morgan fingerprint density at radius 2 is 1.67 bits per heavy atom. The first kappa shape index (κ1) is 31.6.